The number of hydrogen-bond acceptors (Lipinski definition) is 3. The van der Waals surface area contributed by atoms with Crippen LogP contribution in [0.1, 0.15) is 38.5 Å². The number of ether oxygens (including phenoxy) is 1. The maximum absolute atomic E-state index is 12.1. The minimum Gasteiger partial charge on any atom is -0.497 e. The molecular weight excluding hydrogens is 340 g/mol. The van der Waals surface area contributed by atoms with E-state index in [0.717, 1.165) is 28.1 Å². The first-order chi connectivity index (χ1) is 13.1. The number of aromatic nitrogens is 1. The molecule has 3 aromatic rings. The van der Waals surface area contributed by atoms with E-state index in [1.807, 2.05) is 24.3 Å². The van der Waals surface area contributed by atoms with Gasteiger partial charge in [0.1, 0.15) is 11.4 Å². The van der Waals surface area contributed by atoms with Gasteiger partial charge < -0.3 is 15.0 Å². The van der Waals surface area contributed by atoms with E-state index in [9.17, 15) is 9.59 Å². The van der Waals surface area contributed by atoms with Gasteiger partial charge in [0.05, 0.1) is 7.11 Å². The van der Waals surface area contributed by atoms with E-state index < -0.39 is 0 Å². The number of carbonyl (C=O) groups excluding carboxylic acids is 2. The number of ketones is 1. The number of amides is 1. The molecule has 1 amide bonds. The predicted octanol–water partition coefficient (Wildman–Crippen LogP) is 3.60. The van der Waals surface area contributed by atoms with Gasteiger partial charge in [-0.15, -0.1) is 0 Å². The summed E-state index contributed by atoms with van der Waals surface area (Å²) in [6, 6.07) is 18.0. The van der Waals surface area contributed by atoms with E-state index in [2.05, 4.69) is 34.6 Å². The molecule has 5 nitrogen and oxygen atoms in total. The van der Waals surface area contributed by atoms with Gasteiger partial charge in [-0.1, -0.05) is 36.4 Å². The Kier molecular flexibility index (Phi) is 4.50. The SMILES string of the molecule is COc1cccc(-c2ccc(Cc3cc4c([nH]3)C(=O)NCCC4=O)cc2)c1. The van der Waals surface area contributed by atoms with Crippen molar-refractivity contribution >= 4 is 11.7 Å². The first-order valence-corrected chi connectivity index (χ1v) is 8.90. The minimum absolute atomic E-state index is 0.000720. The molecule has 0 saturated heterocycles. The van der Waals surface area contributed by atoms with Gasteiger partial charge in [-0.2, -0.15) is 0 Å². The van der Waals surface area contributed by atoms with Crippen molar-refractivity contribution in [3.05, 3.63) is 77.1 Å². The van der Waals surface area contributed by atoms with E-state index in [4.69, 9.17) is 4.74 Å². The second-order valence-electron chi connectivity index (χ2n) is 6.62. The largest absolute Gasteiger partial charge is 0.497 e. The van der Waals surface area contributed by atoms with Gasteiger partial charge in [0.25, 0.3) is 5.91 Å². The Morgan fingerprint density at radius 1 is 1.00 bits per heavy atom. The number of Topliss-reactive ketones (excluding diaryl/α,β-unsaturated/α-hetero) is 1. The average Bonchev–Trinajstić information content (AvgIpc) is 3.07. The van der Waals surface area contributed by atoms with Crippen LogP contribution in [0.4, 0.5) is 0 Å². The fourth-order valence-electron chi connectivity index (χ4n) is 3.35. The van der Waals surface area contributed by atoms with E-state index in [0.29, 0.717) is 30.6 Å². The van der Waals surface area contributed by atoms with Crippen LogP contribution in [-0.2, 0) is 6.42 Å². The monoisotopic (exact) mass is 360 g/mol. The van der Waals surface area contributed by atoms with Crippen LogP contribution in [0, 0.1) is 0 Å². The van der Waals surface area contributed by atoms with Crippen molar-refractivity contribution in [3.8, 4) is 16.9 Å². The molecule has 0 saturated carbocycles. The van der Waals surface area contributed by atoms with Gasteiger partial charge >= 0.3 is 0 Å². The van der Waals surface area contributed by atoms with Gasteiger partial charge in [0, 0.05) is 30.6 Å². The summed E-state index contributed by atoms with van der Waals surface area (Å²) in [5.41, 5.74) is 5.03. The Labute approximate surface area is 157 Å². The number of hydrogen-bond donors (Lipinski definition) is 2. The molecule has 1 aliphatic heterocycles. The quantitative estimate of drug-likeness (QED) is 0.747. The van der Waals surface area contributed by atoms with Gasteiger partial charge in [-0.25, -0.2) is 0 Å². The molecule has 4 rings (SSSR count). The van der Waals surface area contributed by atoms with Crippen LogP contribution in [0.2, 0.25) is 0 Å². The number of nitrogens with one attached hydrogen (secondary N) is 2. The molecule has 1 aromatic heterocycles. The zero-order chi connectivity index (χ0) is 18.8. The van der Waals surface area contributed by atoms with Crippen LogP contribution in [-0.4, -0.2) is 30.3 Å². The van der Waals surface area contributed by atoms with Crippen molar-refractivity contribution in [3.63, 3.8) is 0 Å². The molecule has 2 heterocycles. The molecule has 0 radical (unpaired) electrons. The molecule has 2 aromatic carbocycles. The number of rotatable bonds is 4. The van der Waals surface area contributed by atoms with Crippen LogP contribution in [0.25, 0.3) is 11.1 Å². The normalized spacial score (nSPS) is 13.7. The van der Waals surface area contributed by atoms with E-state index in [1.165, 1.54) is 0 Å². The minimum atomic E-state index is -0.213. The second-order valence-corrected chi connectivity index (χ2v) is 6.62. The van der Waals surface area contributed by atoms with Crippen molar-refractivity contribution in [1.29, 1.82) is 0 Å². The third-order valence-corrected chi connectivity index (χ3v) is 4.79. The molecule has 0 fully saturated rings. The van der Waals surface area contributed by atoms with E-state index in [1.54, 1.807) is 13.2 Å². The zero-order valence-electron chi connectivity index (χ0n) is 15.0. The lowest BCUT2D eigenvalue weighted by Gasteiger charge is -2.06. The van der Waals surface area contributed by atoms with Gasteiger partial charge in [-0.3, -0.25) is 9.59 Å². The van der Waals surface area contributed by atoms with Crippen LogP contribution >= 0.6 is 0 Å². The summed E-state index contributed by atoms with van der Waals surface area (Å²) < 4.78 is 5.28. The van der Waals surface area contributed by atoms with Crippen molar-refractivity contribution in [1.82, 2.24) is 10.3 Å². The lowest BCUT2D eigenvalue weighted by molar-refractivity contribution is 0.0951. The average molecular weight is 360 g/mol. The molecule has 0 aliphatic carbocycles. The number of benzene rings is 2. The second kappa shape index (κ2) is 7.11. The summed E-state index contributed by atoms with van der Waals surface area (Å²) in [7, 11) is 1.66. The Morgan fingerprint density at radius 3 is 2.59 bits per heavy atom. The first kappa shape index (κ1) is 17.1. The number of aromatic amines is 1. The molecule has 0 atom stereocenters. The van der Waals surface area contributed by atoms with Gasteiger partial charge in [0.2, 0.25) is 0 Å². The predicted molar refractivity (Wildman–Crippen MR) is 103 cm³/mol. The molecule has 0 spiro atoms. The third kappa shape index (κ3) is 3.49. The molecule has 27 heavy (non-hydrogen) atoms. The summed E-state index contributed by atoms with van der Waals surface area (Å²) in [5, 5.41) is 2.74. The smallest absolute Gasteiger partial charge is 0.268 e. The zero-order valence-corrected chi connectivity index (χ0v) is 15.0. The molecule has 136 valence electrons. The van der Waals surface area contributed by atoms with Crippen LogP contribution < -0.4 is 10.1 Å². The van der Waals surface area contributed by atoms with Crippen molar-refractivity contribution < 1.29 is 14.3 Å². The lowest BCUT2D eigenvalue weighted by atomic mass is 10.0. The highest BCUT2D eigenvalue weighted by molar-refractivity contribution is 6.09. The lowest BCUT2D eigenvalue weighted by Crippen LogP contribution is -2.23. The van der Waals surface area contributed by atoms with Crippen molar-refractivity contribution in [2.75, 3.05) is 13.7 Å². The number of methoxy groups -OCH3 is 1. The first-order valence-electron chi connectivity index (χ1n) is 8.90. The molecule has 0 unspecified atom stereocenters. The summed E-state index contributed by atoms with van der Waals surface area (Å²) in [6.07, 6.45) is 0.969. The Morgan fingerprint density at radius 2 is 1.81 bits per heavy atom. The molecule has 5 heteroatoms. The molecule has 1 aliphatic rings. The van der Waals surface area contributed by atoms with Gasteiger partial charge in [0.15, 0.2) is 5.78 Å². The highest BCUT2D eigenvalue weighted by Gasteiger charge is 2.23. The van der Waals surface area contributed by atoms with Gasteiger partial charge in [-0.05, 0) is 34.9 Å². The fraction of sp³-hybridized carbons (Fsp3) is 0.182. The standard InChI is InChI=1S/C22H20N2O3/c1-27-18-4-2-3-16(12-18)15-7-5-14(6-8-15)11-17-13-19-20(25)9-10-23-22(26)21(19)24-17/h2-8,12-13,24H,9-11H2,1H3,(H,23,26). The van der Waals surface area contributed by atoms with Crippen LogP contribution in [0.5, 0.6) is 5.75 Å². The molecule has 0 bridgehead atoms. The maximum atomic E-state index is 12.1. The molecule has 2 N–H and O–H groups in total. The van der Waals surface area contributed by atoms with E-state index in [-0.39, 0.29) is 11.7 Å². The third-order valence-electron chi connectivity index (χ3n) is 4.79. The molecular formula is C22H20N2O3. The summed E-state index contributed by atoms with van der Waals surface area (Å²) >= 11 is 0. The van der Waals surface area contributed by atoms with E-state index >= 15 is 0 Å². The van der Waals surface area contributed by atoms with Crippen molar-refractivity contribution in [2.45, 2.75) is 12.8 Å². The summed E-state index contributed by atoms with van der Waals surface area (Å²) in [4.78, 5) is 27.3. The Bertz CT molecular complexity index is 969. The summed E-state index contributed by atoms with van der Waals surface area (Å²) in [6.45, 7) is 0.390. The van der Waals surface area contributed by atoms with Crippen LogP contribution in [0.3, 0.4) is 0 Å². The number of fused-ring (bicyclic) bond motifs is 1. The maximum Gasteiger partial charge on any atom is 0.268 e. The summed E-state index contributed by atoms with van der Waals surface area (Å²) in [5.74, 6) is 0.613. The fourth-order valence-corrected chi connectivity index (χ4v) is 3.35. The highest BCUT2D eigenvalue weighted by atomic mass is 16.5. The topological polar surface area (TPSA) is 71.2 Å². The highest BCUT2D eigenvalue weighted by Crippen LogP contribution is 2.25. The van der Waals surface area contributed by atoms with Crippen LogP contribution in [0.15, 0.2) is 54.6 Å². The van der Waals surface area contributed by atoms with Crippen molar-refractivity contribution in [2.24, 2.45) is 0 Å². The Hall–Kier alpha value is -3.34. The Balaban J connectivity index is 1.55. The number of carbonyl (C=O) groups is 2. The number of H-pyrrole nitrogens is 1.